The Kier molecular flexibility index (Phi) is 3.26. The highest BCUT2D eigenvalue weighted by Crippen LogP contribution is 2.27. The van der Waals surface area contributed by atoms with E-state index >= 15 is 0 Å². The van der Waals surface area contributed by atoms with Crippen molar-refractivity contribution in [1.29, 1.82) is 0 Å². The van der Waals surface area contributed by atoms with Gasteiger partial charge in [-0.3, -0.25) is 4.79 Å². The first kappa shape index (κ1) is 13.8. The largest absolute Gasteiger partial charge is 0.480 e. The van der Waals surface area contributed by atoms with Crippen LogP contribution in [0.3, 0.4) is 0 Å². The van der Waals surface area contributed by atoms with Crippen molar-refractivity contribution >= 4 is 22.7 Å². The molecular weight excluding hydrogens is 290 g/mol. The van der Waals surface area contributed by atoms with Crippen LogP contribution in [0.15, 0.2) is 48.8 Å². The zero-order valence-corrected chi connectivity index (χ0v) is 12.6. The van der Waals surface area contributed by atoms with Crippen LogP contribution in [0.1, 0.15) is 11.1 Å². The molecule has 23 heavy (non-hydrogen) atoms. The highest BCUT2D eigenvalue weighted by molar-refractivity contribution is 5.81. The summed E-state index contributed by atoms with van der Waals surface area (Å²) in [6.45, 7) is 1.82. The Morgan fingerprint density at radius 1 is 1.17 bits per heavy atom. The molecule has 0 spiro atoms. The fourth-order valence-corrected chi connectivity index (χ4v) is 3.24. The van der Waals surface area contributed by atoms with Crippen LogP contribution in [0.4, 0.5) is 5.69 Å². The zero-order chi connectivity index (χ0) is 15.8. The average Bonchev–Trinajstić information content (AvgIpc) is 2.96. The molecule has 3 aromatic rings. The molecule has 1 N–H and O–H groups in total. The molecule has 0 saturated carbocycles. The van der Waals surface area contributed by atoms with Crippen LogP contribution in [0, 0.1) is 0 Å². The van der Waals surface area contributed by atoms with E-state index in [1.54, 1.807) is 10.9 Å². The van der Waals surface area contributed by atoms with Crippen LogP contribution >= 0.6 is 0 Å². The number of aliphatic carboxylic acids is 1. The van der Waals surface area contributed by atoms with Crippen molar-refractivity contribution in [3.8, 4) is 0 Å². The number of imidazole rings is 1. The predicted octanol–water partition coefficient (Wildman–Crippen LogP) is 2.68. The molecule has 0 fully saturated rings. The van der Waals surface area contributed by atoms with Gasteiger partial charge in [-0.05, 0) is 35.7 Å². The third kappa shape index (κ3) is 2.54. The monoisotopic (exact) mass is 307 g/mol. The van der Waals surface area contributed by atoms with Crippen molar-refractivity contribution in [2.24, 2.45) is 0 Å². The highest BCUT2D eigenvalue weighted by Gasteiger charge is 2.17. The number of benzene rings is 2. The molecule has 5 heteroatoms. The lowest BCUT2D eigenvalue weighted by Crippen LogP contribution is -2.30. The molecule has 0 aliphatic carbocycles. The van der Waals surface area contributed by atoms with E-state index in [4.69, 9.17) is 5.11 Å². The summed E-state index contributed by atoms with van der Waals surface area (Å²) in [6.07, 6.45) is 2.63. The van der Waals surface area contributed by atoms with Crippen molar-refractivity contribution in [2.45, 2.75) is 19.5 Å². The number of carboxylic acid groups (broad SMARTS) is 1. The third-order valence-corrected chi connectivity index (χ3v) is 4.41. The molecule has 0 radical (unpaired) electrons. The number of nitrogens with zero attached hydrogens (tertiary/aromatic N) is 3. The Morgan fingerprint density at radius 2 is 2.00 bits per heavy atom. The molecule has 1 aromatic heterocycles. The number of carbonyl (C=O) groups is 1. The highest BCUT2D eigenvalue weighted by atomic mass is 16.4. The quantitative estimate of drug-likeness (QED) is 0.808. The molecule has 1 aliphatic heterocycles. The molecular formula is C18H17N3O2. The zero-order valence-electron chi connectivity index (χ0n) is 12.6. The molecule has 5 nitrogen and oxygen atoms in total. The Morgan fingerprint density at radius 3 is 2.83 bits per heavy atom. The maximum absolute atomic E-state index is 10.9. The van der Waals surface area contributed by atoms with E-state index in [1.807, 2.05) is 12.1 Å². The molecule has 0 atom stereocenters. The molecule has 4 rings (SSSR count). The van der Waals surface area contributed by atoms with E-state index in [2.05, 4.69) is 40.2 Å². The molecule has 0 unspecified atom stereocenters. The van der Waals surface area contributed by atoms with Crippen LogP contribution in [0.2, 0.25) is 0 Å². The standard InChI is InChI=1S/C18H17N3O2/c22-18(23)11-21-12-19-16-9-15(5-6-17(16)21)20-8-7-13-3-1-2-4-14(13)10-20/h1-6,9,12H,7-8,10-11H2,(H,22,23). The van der Waals surface area contributed by atoms with Crippen LogP contribution in [-0.4, -0.2) is 27.2 Å². The molecule has 2 heterocycles. The van der Waals surface area contributed by atoms with Gasteiger partial charge in [-0.15, -0.1) is 0 Å². The Labute approximate surface area is 133 Å². The van der Waals surface area contributed by atoms with Crippen LogP contribution in [0.25, 0.3) is 11.0 Å². The van der Waals surface area contributed by atoms with Gasteiger partial charge in [0, 0.05) is 18.8 Å². The lowest BCUT2D eigenvalue weighted by molar-refractivity contribution is -0.137. The van der Waals surface area contributed by atoms with Gasteiger partial charge in [-0.25, -0.2) is 4.98 Å². The summed E-state index contributed by atoms with van der Waals surface area (Å²) >= 11 is 0. The van der Waals surface area contributed by atoms with Gasteiger partial charge in [0.05, 0.1) is 17.4 Å². The van der Waals surface area contributed by atoms with E-state index in [1.165, 1.54) is 11.1 Å². The molecule has 0 amide bonds. The lowest BCUT2D eigenvalue weighted by Gasteiger charge is -2.30. The van der Waals surface area contributed by atoms with Crippen molar-refractivity contribution in [1.82, 2.24) is 9.55 Å². The Hall–Kier alpha value is -2.82. The molecule has 2 aromatic carbocycles. The summed E-state index contributed by atoms with van der Waals surface area (Å²) in [4.78, 5) is 17.6. The number of carboxylic acids is 1. The van der Waals surface area contributed by atoms with E-state index in [0.29, 0.717) is 0 Å². The maximum Gasteiger partial charge on any atom is 0.323 e. The van der Waals surface area contributed by atoms with Crippen molar-refractivity contribution < 1.29 is 9.90 Å². The summed E-state index contributed by atoms with van der Waals surface area (Å²) in [7, 11) is 0. The summed E-state index contributed by atoms with van der Waals surface area (Å²) < 4.78 is 1.66. The minimum Gasteiger partial charge on any atom is -0.480 e. The van der Waals surface area contributed by atoms with E-state index in [9.17, 15) is 4.79 Å². The van der Waals surface area contributed by atoms with E-state index in [0.717, 1.165) is 36.2 Å². The van der Waals surface area contributed by atoms with Gasteiger partial charge in [0.15, 0.2) is 0 Å². The molecule has 0 bridgehead atoms. The topological polar surface area (TPSA) is 58.4 Å². The van der Waals surface area contributed by atoms with E-state index < -0.39 is 5.97 Å². The van der Waals surface area contributed by atoms with Crippen LogP contribution in [0.5, 0.6) is 0 Å². The summed E-state index contributed by atoms with van der Waals surface area (Å²) in [5.41, 5.74) is 5.62. The van der Waals surface area contributed by atoms with Crippen molar-refractivity contribution in [2.75, 3.05) is 11.4 Å². The van der Waals surface area contributed by atoms with Gasteiger partial charge in [-0.1, -0.05) is 24.3 Å². The third-order valence-electron chi connectivity index (χ3n) is 4.41. The van der Waals surface area contributed by atoms with E-state index in [-0.39, 0.29) is 6.54 Å². The SMILES string of the molecule is O=C(O)Cn1cnc2cc(N3CCc4ccccc4C3)ccc21. The van der Waals surface area contributed by atoms with Crippen LogP contribution in [-0.2, 0) is 24.3 Å². The van der Waals surface area contributed by atoms with Gasteiger partial charge in [0.2, 0.25) is 0 Å². The number of rotatable bonds is 3. The Bertz CT molecular complexity index is 885. The van der Waals surface area contributed by atoms with Gasteiger partial charge in [0.1, 0.15) is 6.54 Å². The minimum atomic E-state index is -0.860. The second kappa shape index (κ2) is 5.43. The van der Waals surface area contributed by atoms with Gasteiger partial charge < -0.3 is 14.6 Å². The fraction of sp³-hybridized carbons (Fsp3) is 0.222. The number of fused-ring (bicyclic) bond motifs is 2. The normalized spacial score (nSPS) is 14.0. The van der Waals surface area contributed by atoms with Gasteiger partial charge >= 0.3 is 5.97 Å². The molecule has 116 valence electrons. The smallest absolute Gasteiger partial charge is 0.323 e. The molecule has 0 saturated heterocycles. The van der Waals surface area contributed by atoms with Gasteiger partial charge in [-0.2, -0.15) is 0 Å². The minimum absolute atomic E-state index is 0.0626. The lowest BCUT2D eigenvalue weighted by atomic mass is 9.99. The van der Waals surface area contributed by atoms with Crippen molar-refractivity contribution in [3.63, 3.8) is 0 Å². The predicted molar refractivity (Wildman–Crippen MR) is 88.6 cm³/mol. The number of anilines is 1. The Balaban J connectivity index is 1.64. The number of aromatic nitrogens is 2. The summed E-state index contributed by atoms with van der Waals surface area (Å²) in [5.74, 6) is -0.860. The molecule has 1 aliphatic rings. The first-order valence-electron chi connectivity index (χ1n) is 7.69. The number of hydrogen-bond acceptors (Lipinski definition) is 3. The summed E-state index contributed by atoms with van der Waals surface area (Å²) in [6, 6.07) is 14.6. The van der Waals surface area contributed by atoms with Gasteiger partial charge in [0.25, 0.3) is 0 Å². The number of hydrogen-bond donors (Lipinski definition) is 1. The maximum atomic E-state index is 10.9. The van der Waals surface area contributed by atoms with Crippen LogP contribution < -0.4 is 4.90 Å². The fourth-order valence-electron chi connectivity index (χ4n) is 3.24. The van der Waals surface area contributed by atoms with Crippen molar-refractivity contribution in [3.05, 3.63) is 59.9 Å². The first-order valence-corrected chi connectivity index (χ1v) is 7.69. The second-order valence-corrected chi connectivity index (χ2v) is 5.88. The summed E-state index contributed by atoms with van der Waals surface area (Å²) in [5, 5.41) is 8.94. The second-order valence-electron chi connectivity index (χ2n) is 5.88. The average molecular weight is 307 g/mol. The first-order chi connectivity index (χ1) is 11.2.